The predicted octanol–water partition coefficient (Wildman–Crippen LogP) is 4.39. The van der Waals surface area contributed by atoms with Crippen molar-refractivity contribution < 1.29 is 0 Å². The van der Waals surface area contributed by atoms with E-state index in [1.807, 2.05) is 11.3 Å². The number of anilines is 1. The molecule has 0 bridgehead atoms. The second-order valence-electron chi connectivity index (χ2n) is 5.52. The molecule has 1 rings (SSSR count). The van der Waals surface area contributed by atoms with E-state index in [1.165, 1.54) is 35.0 Å². The summed E-state index contributed by atoms with van der Waals surface area (Å²) in [5.74, 6) is 0.553. The molecule has 3 nitrogen and oxygen atoms in total. The van der Waals surface area contributed by atoms with Crippen LogP contribution >= 0.6 is 11.3 Å². The van der Waals surface area contributed by atoms with Crippen molar-refractivity contribution in [3.05, 3.63) is 10.6 Å². The zero-order chi connectivity index (χ0) is 15.0. The Kier molecular flexibility index (Phi) is 8.15. The van der Waals surface area contributed by atoms with E-state index < -0.39 is 0 Å². The average Bonchev–Trinajstić information content (AvgIpc) is 2.88. The molecule has 0 radical (unpaired) electrons. The topological polar surface area (TPSA) is 28.2 Å². The molecule has 0 aliphatic rings. The minimum Gasteiger partial charge on any atom is -0.351 e. The first-order valence-electron chi connectivity index (χ1n) is 8.05. The average molecular weight is 298 g/mol. The SMILES string of the molecule is CCCCCN(C)c1nc(C(C)CC)c(CNCC)s1. The van der Waals surface area contributed by atoms with Crippen LogP contribution in [0.5, 0.6) is 0 Å². The van der Waals surface area contributed by atoms with Crippen molar-refractivity contribution in [2.24, 2.45) is 0 Å². The third kappa shape index (κ3) is 5.06. The maximum atomic E-state index is 4.92. The second-order valence-corrected chi connectivity index (χ2v) is 6.59. The molecule has 0 saturated carbocycles. The molecule has 0 saturated heterocycles. The van der Waals surface area contributed by atoms with E-state index in [1.54, 1.807) is 0 Å². The zero-order valence-corrected chi connectivity index (χ0v) is 14.6. The third-order valence-electron chi connectivity index (χ3n) is 3.75. The minimum atomic E-state index is 0.553. The van der Waals surface area contributed by atoms with E-state index in [4.69, 9.17) is 4.98 Å². The van der Waals surface area contributed by atoms with Gasteiger partial charge < -0.3 is 10.2 Å². The molecule has 20 heavy (non-hydrogen) atoms. The quantitative estimate of drug-likeness (QED) is 0.649. The van der Waals surface area contributed by atoms with E-state index in [2.05, 4.69) is 45.0 Å². The van der Waals surface area contributed by atoms with Crippen LogP contribution < -0.4 is 10.2 Å². The van der Waals surface area contributed by atoms with Gasteiger partial charge in [0, 0.05) is 25.0 Å². The fourth-order valence-corrected chi connectivity index (χ4v) is 3.29. The molecule has 1 aromatic heterocycles. The summed E-state index contributed by atoms with van der Waals surface area (Å²) in [5.41, 5.74) is 1.30. The number of hydrogen-bond donors (Lipinski definition) is 1. The lowest BCUT2D eigenvalue weighted by molar-refractivity contribution is 0.674. The van der Waals surface area contributed by atoms with Gasteiger partial charge in [-0.2, -0.15) is 0 Å². The second kappa shape index (κ2) is 9.35. The molecule has 0 amide bonds. The summed E-state index contributed by atoms with van der Waals surface area (Å²) < 4.78 is 0. The van der Waals surface area contributed by atoms with Crippen molar-refractivity contribution in [3.63, 3.8) is 0 Å². The van der Waals surface area contributed by atoms with Crippen molar-refractivity contribution in [3.8, 4) is 0 Å². The summed E-state index contributed by atoms with van der Waals surface area (Å²) in [6, 6.07) is 0. The highest BCUT2D eigenvalue weighted by atomic mass is 32.1. The minimum absolute atomic E-state index is 0.553. The van der Waals surface area contributed by atoms with Crippen molar-refractivity contribution in [2.45, 2.75) is 65.8 Å². The fourth-order valence-electron chi connectivity index (χ4n) is 2.15. The largest absolute Gasteiger partial charge is 0.351 e. The van der Waals surface area contributed by atoms with Crippen LogP contribution in [0.2, 0.25) is 0 Å². The monoisotopic (exact) mass is 297 g/mol. The van der Waals surface area contributed by atoms with E-state index >= 15 is 0 Å². The number of unbranched alkanes of at least 4 members (excludes halogenated alkanes) is 2. The van der Waals surface area contributed by atoms with Gasteiger partial charge in [-0.05, 0) is 25.3 Å². The molecule has 4 heteroatoms. The van der Waals surface area contributed by atoms with Gasteiger partial charge in [0.25, 0.3) is 0 Å². The number of hydrogen-bond acceptors (Lipinski definition) is 4. The maximum absolute atomic E-state index is 4.92. The van der Waals surface area contributed by atoms with Crippen molar-refractivity contribution in [1.82, 2.24) is 10.3 Å². The molecule has 1 N–H and O–H groups in total. The molecule has 0 fully saturated rings. The van der Waals surface area contributed by atoms with Crippen LogP contribution in [0.4, 0.5) is 5.13 Å². The fraction of sp³-hybridized carbons (Fsp3) is 0.812. The Morgan fingerprint density at radius 2 is 2.00 bits per heavy atom. The van der Waals surface area contributed by atoms with Crippen LogP contribution in [0, 0.1) is 0 Å². The van der Waals surface area contributed by atoms with Crippen LogP contribution in [0.1, 0.15) is 69.9 Å². The van der Waals surface area contributed by atoms with Crippen LogP contribution in [0.15, 0.2) is 0 Å². The van der Waals surface area contributed by atoms with Gasteiger partial charge in [-0.1, -0.05) is 40.5 Å². The number of nitrogens with one attached hydrogen (secondary N) is 1. The molecule has 1 unspecified atom stereocenters. The summed E-state index contributed by atoms with van der Waals surface area (Å²) in [4.78, 5) is 8.65. The molecule has 0 spiro atoms. The van der Waals surface area contributed by atoms with E-state index in [-0.39, 0.29) is 0 Å². The van der Waals surface area contributed by atoms with Gasteiger partial charge >= 0.3 is 0 Å². The van der Waals surface area contributed by atoms with E-state index in [0.717, 1.165) is 26.1 Å². The van der Waals surface area contributed by atoms with E-state index in [0.29, 0.717) is 5.92 Å². The molecule has 116 valence electrons. The van der Waals surface area contributed by atoms with Gasteiger partial charge in [0.15, 0.2) is 5.13 Å². The Morgan fingerprint density at radius 3 is 2.60 bits per heavy atom. The Labute approximate surface area is 128 Å². The van der Waals surface area contributed by atoms with Gasteiger partial charge in [-0.15, -0.1) is 11.3 Å². The molecule has 1 aromatic rings. The van der Waals surface area contributed by atoms with Crippen molar-refractivity contribution >= 4 is 16.5 Å². The van der Waals surface area contributed by atoms with Gasteiger partial charge in [-0.3, -0.25) is 0 Å². The van der Waals surface area contributed by atoms with Crippen LogP contribution in [-0.4, -0.2) is 25.1 Å². The third-order valence-corrected chi connectivity index (χ3v) is 4.94. The molecule has 0 aliphatic carbocycles. The van der Waals surface area contributed by atoms with Crippen molar-refractivity contribution in [1.29, 1.82) is 0 Å². The zero-order valence-electron chi connectivity index (χ0n) is 13.8. The molecule has 0 aromatic carbocycles. The Hall–Kier alpha value is -0.610. The smallest absolute Gasteiger partial charge is 0.185 e. The summed E-state index contributed by atoms with van der Waals surface area (Å²) in [6.07, 6.45) is 4.99. The highest BCUT2D eigenvalue weighted by Gasteiger charge is 2.17. The van der Waals surface area contributed by atoms with Gasteiger partial charge in [0.05, 0.1) is 5.69 Å². The number of rotatable bonds is 10. The van der Waals surface area contributed by atoms with Gasteiger partial charge in [0.1, 0.15) is 0 Å². The van der Waals surface area contributed by atoms with Crippen LogP contribution in [-0.2, 0) is 6.54 Å². The highest BCUT2D eigenvalue weighted by Crippen LogP contribution is 2.31. The number of nitrogens with zero attached hydrogens (tertiary/aromatic N) is 2. The summed E-state index contributed by atoms with van der Waals surface area (Å²) in [5, 5.41) is 4.62. The predicted molar refractivity (Wildman–Crippen MR) is 91.0 cm³/mol. The number of thiazole rings is 1. The first-order chi connectivity index (χ1) is 9.63. The molecular weight excluding hydrogens is 266 g/mol. The molecular formula is C16H31N3S. The molecule has 1 heterocycles. The van der Waals surface area contributed by atoms with Gasteiger partial charge in [0.2, 0.25) is 0 Å². The normalized spacial score (nSPS) is 12.7. The summed E-state index contributed by atoms with van der Waals surface area (Å²) in [6.45, 7) is 12.0. The molecule has 0 aliphatic heterocycles. The lowest BCUT2D eigenvalue weighted by Crippen LogP contribution is -2.18. The van der Waals surface area contributed by atoms with Crippen molar-refractivity contribution in [2.75, 3.05) is 25.0 Å². The maximum Gasteiger partial charge on any atom is 0.185 e. The standard InChI is InChI=1S/C16H31N3S/c1-6-9-10-11-19(5)16-18-15(13(4)7-2)14(20-16)12-17-8-3/h13,17H,6-12H2,1-5H3. The Morgan fingerprint density at radius 1 is 1.25 bits per heavy atom. The van der Waals surface area contributed by atoms with E-state index in [9.17, 15) is 0 Å². The Bertz CT molecular complexity index is 376. The Balaban J connectivity index is 2.78. The summed E-state index contributed by atoms with van der Waals surface area (Å²) >= 11 is 1.86. The number of aromatic nitrogens is 1. The molecule has 1 atom stereocenters. The van der Waals surface area contributed by atoms with Crippen LogP contribution in [0.25, 0.3) is 0 Å². The van der Waals surface area contributed by atoms with Crippen LogP contribution in [0.3, 0.4) is 0 Å². The first kappa shape index (κ1) is 17.4. The first-order valence-corrected chi connectivity index (χ1v) is 8.87. The highest BCUT2D eigenvalue weighted by molar-refractivity contribution is 7.15. The lowest BCUT2D eigenvalue weighted by atomic mass is 10.0. The lowest BCUT2D eigenvalue weighted by Gasteiger charge is -2.15. The van der Waals surface area contributed by atoms with Gasteiger partial charge in [-0.25, -0.2) is 4.98 Å². The summed E-state index contributed by atoms with van der Waals surface area (Å²) in [7, 11) is 2.17.